The molecule has 0 amide bonds. The summed E-state index contributed by atoms with van der Waals surface area (Å²) in [6.07, 6.45) is 0. The van der Waals surface area contributed by atoms with E-state index in [-0.39, 0.29) is 0 Å². The summed E-state index contributed by atoms with van der Waals surface area (Å²) in [6.45, 7) is 9.83. The quantitative estimate of drug-likeness (QED) is 0.491. The van der Waals surface area contributed by atoms with E-state index in [0.29, 0.717) is 0 Å². The summed E-state index contributed by atoms with van der Waals surface area (Å²) in [6, 6.07) is 0. The fourth-order valence-corrected chi connectivity index (χ4v) is 14.8. The first kappa shape index (κ1) is 17.6. The summed E-state index contributed by atoms with van der Waals surface area (Å²) < 4.78 is 15.9. The molecule has 0 bridgehead atoms. The molecule has 0 aliphatic rings. The van der Waals surface area contributed by atoms with Crippen LogP contribution < -0.4 is 0 Å². The molecule has 11 heteroatoms. The molecule has 104 valence electrons. The molecule has 0 radical (unpaired) electrons. The Kier molecular flexibility index (Phi) is 5.48. The van der Waals surface area contributed by atoms with E-state index in [2.05, 4.69) is 0 Å². The van der Waals surface area contributed by atoms with E-state index in [4.69, 9.17) is 26.7 Å². The van der Waals surface area contributed by atoms with Crippen LogP contribution in [0.3, 0.4) is 0 Å². The highest BCUT2D eigenvalue weighted by Gasteiger charge is 2.46. The fourth-order valence-electron chi connectivity index (χ4n) is 1.56. The Hall–Kier alpha value is 0.588. The highest BCUT2D eigenvalue weighted by Crippen LogP contribution is 2.21. The molecule has 0 atom stereocenters. The minimum absolute atomic E-state index is 1.57. The molecular formula is C6H22O7Si4. The SMILES string of the molecule is C[Si](C)(O)O[Si](C)(C)O[Si](C)(C)O[Si](O)(O)O. The average molecular weight is 319 g/mol. The van der Waals surface area contributed by atoms with Crippen molar-refractivity contribution in [1.82, 2.24) is 0 Å². The maximum atomic E-state index is 9.69. The third kappa shape index (κ3) is 10.2. The number of rotatable bonds is 6. The van der Waals surface area contributed by atoms with Crippen LogP contribution in [0.15, 0.2) is 0 Å². The first-order valence-corrected chi connectivity index (χ1v) is 15.4. The highest BCUT2D eigenvalue weighted by atomic mass is 28.5. The van der Waals surface area contributed by atoms with E-state index in [1.807, 2.05) is 0 Å². The predicted molar refractivity (Wildman–Crippen MR) is 70.3 cm³/mol. The number of hydrogen-bond donors (Lipinski definition) is 4. The van der Waals surface area contributed by atoms with Gasteiger partial charge < -0.3 is 31.5 Å². The van der Waals surface area contributed by atoms with Crippen LogP contribution in [0, 0.1) is 0 Å². The van der Waals surface area contributed by atoms with Crippen molar-refractivity contribution < 1.29 is 31.5 Å². The molecule has 0 aromatic heterocycles. The lowest BCUT2D eigenvalue weighted by Gasteiger charge is -2.36. The van der Waals surface area contributed by atoms with Crippen LogP contribution >= 0.6 is 0 Å². The van der Waals surface area contributed by atoms with Crippen molar-refractivity contribution >= 4 is 34.7 Å². The largest absolute Gasteiger partial charge is 0.662 e. The van der Waals surface area contributed by atoms with E-state index >= 15 is 0 Å². The molecule has 0 spiro atoms. The van der Waals surface area contributed by atoms with Gasteiger partial charge in [-0.1, -0.05) is 0 Å². The zero-order chi connectivity index (χ0) is 14.1. The molecular weight excluding hydrogens is 296 g/mol. The van der Waals surface area contributed by atoms with Gasteiger partial charge in [-0.05, 0) is 39.3 Å². The Labute approximate surface area is 106 Å². The third-order valence-electron chi connectivity index (χ3n) is 1.37. The average Bonchev–Trinajstić information content (AvgIpc) is 1.65. The Morgan fingerprint density at radius 3 is 1.24 bits per heavy atom. The van der Waals surface area contributed by atoms with Gasteiger partial charge in [-0.2, -0.15) is 0 Å². The lowest BCUT2D eigenvalue weighted by molar-refractivity contribution is 0.111. The van der Waals surface area contributed by atoms with Crippen LogP contribution in [0.1, 0.15) is 0 Å². The van der Waals surface area contributed by atoms with Gasteiger partial charge in [0.05, 0.1) is 0 Å². The molecule has 0 saturated carbocycles. The predicted octanol–water partition coefficient (Wildman–Crippen LogP) is -0.454. The van der Waals surface area contributed by atoms with Gasteiger partial charge in [-0.15, -0.1) is 0 Å². The van der Waals surface area contributed by atoms with Crippen LogP contribution in [0.5, 0.6) is 0 Å². The molecule has 0 aromatic rings. The van der Waals surface area contributed by atoms with Gasteiger partial charge in [0.25, 0.3) is 0 Å². The summed E-state index contributed by atoms with van der Waals surface area (Å²) in [5.41, 5.74) is 0. The minimum Gasteiger partial charge on any atom is -0.416 e. The molecule has 4 N–H and O–H groups in total. The molecule has 7 nitrogen and oxygen atoms in total. The van der Waals surface area contributed by atoms with Crippen LogP contribution in [-0.4, -0.2) is 53.9 Å². The van der Waals surface area contributed by atoms with Crippen molar-refractivity contribution in [2.45, 2.75) is 39.3 Å². The lowest BCUT2D eigenvalue weighted by atomic mass is 11.9. The Morgan fingerprint density at radius 1 is 0.588 bits per heavy atom. The van der Waals surface area contributed by atoms with Gasteiger partial charge in [0.1, 0.15) is 0 Å². The second kappa shape index (κ2) is 5.30. The highest BCUT2D eigenvalue weighted by molar-refractivity contribution is 6.85. The zero-order valence-electron chi connectivity index (χ0n) is 11.0. The topological polar surface area (TPSA) is 109 Å². The summed E-state index contributed by atoms with van der Waals surface area (Å²) in [5, 5.41) is 0. The molecule has 0 aromatic carbocycles. The van der Waals surface area contributed by atoms with Gasteiger partial charge in [0.15, 0.2) is 0 Å². The molecule has 0 unspecified atom stereocenters. The van der Waals surface area contributed by atoms with Crippen LogP contribution in [-0.2, 0) is 12.3 Å². The smallest absolute Gasteiger partial charge is 0.416 e. The first-order valence-electron chi connectivity index (χ1n) is 5.12. The van der Waals surface area contributed by atoms with Gasteiger partial charge in [0.2, 0.25) is 0 Å². The summed E-state index contributed by atoms with van der Waals surface area (Å²) in [7, 11) is -12.9. The summed E-state index contributed by atoms with van der Waals surface area (Å²) >= 11 is 0. The van der Waals surface area contributed by atoms with Crippen molar-refractivity contribution in [3.63, 3.8) is 0 Å². The van der Waals surface area contributed by atoms with E-state index in [1.165, 1.54) is 0 Å². The molecule has 17 heavy (non-hydrogen) atoms. The zero-order valence-corrected chi connectivity index (χ0v) is 15.0. The van der Waals surface area contributed by atoms with E-state index < -0.39 is 34.7 Å². The Balaban J connectivity index is 4.59. The minimum atomic E-state index is -4.60. The molecule has 0 rings (SSSR count). The summed E-state index contributed by atoms with van der Waals surface area (Å²) in [4.78, 5) is 36.4. The van der Waals surface area contributed by atoms with Gasteiger partial charge in [-0.25, -0.2) is 0 Å². The second-order valence-electron chi connectivity index (χ2n) is 5.13. The normalized spacial score (nSPS) is 15.2. The first-order chi connectivity index (χ1) is 7.12. The number of hydrogen-bond acceptors (Lipinski definition) is 7. The van der Waals surface area contributed by atoms with Crippen LogP contribution in [0.25, 0.3) is 0 Å². The molecule has 0 fully saturated rings. The molecule has 0 aliphatic carbocycles. The van der Waals surface area contributed by atoms with E-state index in [0.717, 1.165) is 0 Å². The molecule has 0 heterocycles. The summed E-state index contributed by atoms with van der Waals surface area (Å²) in [5.74, 6) is 0. The van der Waals surface area contributed by atoms with Crippen molar-refractivity contribution in [2.75, 3.05) is 0 Å². The fraction of sp³-hybridized carbons (Fsp3) is 1.00. The van der Waals surface area contributed by atoms with Gasteiger partial charge in [-0.3, -0.25) is 0 Å². The van der Waals surface area contributed by atoms with Crippen LogP contribution in [0.4, 0.5) is 0 Å². The maximum absolute atomic E-state index is 9.69. The standard InChI is InChI=1S/C6H22O7Si4/c1-14(2,7)11-15(3,4)12-16(5,6)13-17(8,9)10/h7-10H,1-6H3. The molecule has 0 saturated heterocycles. The third-order valence-corrected chi connectivity index (χ3v) is 12.3. The maximum Gasteiger partial charge on any atom is 0.662 e. The lowest BCUT2D eigenvalue weighted by Crippen LogP contribution is -2.58. The van der Waals surface area contributed by atoms with Gasteiger partial charge in [0, 0.05) is 0 Å². The van der Waals surface area contributed by atoms with Crippen molar-refractivity contribution in [3.05, 3.63) is 0 Å². The second-order valence-corrected chi connectivity index (χ2v) is 17.2. The van der Waals surface area contributed by atoms with E-state index in [1.54, 1.807) is 39.3 Å². The van der Waals surface area contributed by atoms with Crippen molar-refractivity contribution in [2.24, 2.45) is 0 Å². The van der Waals surface area contributed by atoms with Crippen LogP contribution in [0.2, 0.25) is 39.3 Å². The van der Waals surface area contributed by atoms with Crippen molar-refractivity contribution in [1.29, 1.82) is 0 Å². The Bertz CT molecular complexity index is 230. The Morgan fingerprint density at radius 2 is 0.941 bits per heavy atom. The van der Waals surface area contributed by atoms with E-state index in [9.17, 15) is 4.80 Å². The monoisotopic (exact) mass is 318 g/mol. The van der Waals surface area contributed by atoms with Gasteiger partial charge >= 0.3 is 34.7 Å². The van der Waals surface area contributed by atoms with Crippen molar-refractivity contribution in [3.8, 4) is 0 Å². The molecule has 0 aliphatic heterocycles.